The number of alkyl halides is 3. The smallest absolute Gasteiger partial charge is 0.314 e. The monoisotopic (exact) mass is 266 g/mol. The van der Waals surface area contributed by atoms with Gasteiger partial charge in [0.1, 0.15) is 0 Å². The second kappa shape index (κ2) is 6.24. The molecule has 2 nitrogen and oxygen atoms in total. The summed E-state index contributed by atoms with van der Waals surface area (Å²) in [7, 11) is 0. The molecule has 1 aliphatic rings. The summed E-state index contributed by atoms with van der Waals surface area (Å²) in [6, 6.07) is 0.477. The van der Waals surface area contributed by atoms with E-state index in [9.17, 15) is 13.2 Å². The fourth-order valence-electron chi connectivity index (χ4n) is 2.14. The fourth-order valence-corrected chi connectivity index (χ4v) is 2.14. The van der Waals surface area contributed by atoms with Gasteiger partial charge in [0.15, 0.2) is 0 Å². The van der Waals surface area contributed by atoms with Crippen molar-refractivity contribution in [3.63, 3.8) is 0 Å². The van der Waals surface area contributed by atoms with E-state index in [1.54, 1.807) is 4.90 Å². The molecule has 0 radical (unpaired) electrons. The van der Waals surface area contributed by atoms with Crippen LogP contribution < -0.4 is 5.32 Å². The van der Waals surface area contributed by atoms with Crippen molar-refractivity contribution in [1.82, 2.24) is 10.2 Å². The van der Waals surface area contributed by atoms with Crippen LogP contribution in [0.25, 0.3) is 0 Å². The van der Waals surface area contributed by atoms with E-state index in [0.29, 0.717) is 6.04 Å². The molecule has 2 atom stereocenters. The fraction of sp³-hybridized carbons (Fsp3) is 1.00. The van der Waals surface area contributed by atoms with Crippen LogP contribution in [0.5, 0.6) is 0 Å². The first kappa shape index (κ1) is 15.8. The minimum atomic E-state index is -4.10. The Kier molecular flexibility index (Phi) is 5.46. The molecular formula is C13H25F3N2. The highest BCUT2D eigenvalue weighted by atomic mass is 19.4. The molecule has 108 valence electrons. The van der Waals surface area contributed by atoms with E-state index in [2.05, 4.69) is 5.32 Å². The quantitative estimate of drug-likeness (QED) is 0.762. The third kappa shape index (κ3) is 5.57. The molecule has 2 unspecified atom stereocenters. The van der Waals surface area contributed by atoms with Gasteiger partial charge >= 0.3 is 6.18 Å². The highest BCUT2D eigenvalue weighted by Gasteiger charge is 2.41. The number of halogens is 3. The number of rotatable bonds is 7. The maximum Gasteiger partial charge on any atom is 0.401 e. The van der Waals surface area contributed by atoms with Crippen molar-refractivity contribution >= 4 is 0 Å². The molecule has 0 aliphatic heterocycles. The molecule has 1 rings (SSSR count). The Morgan fingerprint density at radius 2 is 1.72 bits per heavy atom. The van der Waals surface area contributed by atoms with Crippen LogP contribution in [0.3, 0.4) is 0 Å². The van der Waals surface area contributed by atoms with E-state index in [-0.39, 0.29) is 18.0 Å². The Balaban J connectivity index is 2.50. The Morgan fingerprint density at radius 1 is 1.17 bits per heavy atom. The van der Waals surface area contributed by atoms with E-state index in [4.69, 9.17) is 0 Å². The van der Waals surface area contributed by atoms with Gasteiger partial charge in [0, 0.05) is 18.1 Å². The molecule has 0 aromatic rings. The van der Waals surface area contributed by atoms with Crippen molar-refractivity contribution in [1.29, 1.82) is 0 Å². The predicted octanol–water partition coefficient (Wildman–Crippen LogP) is 3.04. The summed E-state index contributed by atoms with van der Waals surface area (Å²) in [5, 5.41) is 3.30. The minimum Gasteiger partial charge on any atom is -0.314 e. The van der Waals surface area contributed by atoms with Gasteiger partial charge in [-0.1, -0.05) is 20.8 Å². The van der Waals surface area contributed by atoms with Crippen LogP contribution in [0.2, 0.25) is 0 Å². The summed E-state index contributed by atoms with van der Waals surface area (Å²) < 4.78 is 37.7. The van der Waals surface area contributed by atoms with Crippen molar-refractivity contribution in [3.05, 3.63) is 0 Å². The van der Waals surface area contributed by atoms with Gasteiger partial charge in [-0.15, -0.1) is 0 Å². The first-order chi connectivity index (χ1) is 8.20. The van der Waals surface area contributed by atoms with Crippen molar-refractivity contribution in [3.8, 4) is 0 Å². The largest absolute Gasteiger partial charge is 0.401 e. The van der Waals surface area contributed by atoms with Crippen molar-refractivity contribution in [2.75, 3.05) is 13.1 Å². The molecule has 1 N–H and O–H groups in total. The van der Waals surface area contributed by atoms with Gasteiger partial charge in [-0.3, -0.25) is 4.90 Å². The Hall–Kier alpha value is -0.290. The molecule has 1 aliphatic carbocycles. The first-order valence-corrected chi connectivity index (χ1v) is 6.76. The van der Waals surface area contributed by atoms with E-state index in [1.165, 1.54) is 0 Å². The molecule has 0 saturated heterocycles. The van der Waals surface area contributed by atoms with E-state index < -0.39 is 12.7 Å². The van der Waals surface area contributed by atoms with E-state index in [0.717, 1.165) is 19.4 Å². The van der Waals surface area contributed by atoms with Crippen LogP contribution in [-0.4, -0.2) is 42.3 Å². The minimum absolute atomic E-state index is 0.0367. The third-order valence-electron chi connectivity index (χ3n) is 3.57. The lowest BCUT2D eigenvalue weighted by atomic mass is 10.0. The van der Waals surface area contributed by atoms with E-state index >= 15 is 0 Å². The average Bonchev–Trinajstić information content (AvgIpc) is 3.03. The first-order valence-electron chi connectivity index (χ1n) is 6.76. The van der Waals surface area contributed by atoms with Crippen molar-refractivity contribution < 1.29 is 13.2 Å². The van der Waals surface area contributed by atoms with Crippen LogP contribution in [0.1, 0.15) is 40.5 Å². The van der Waals surface area contributed by atoms with E-state index in [1.807, 2.05) is 27.7 Å². The topological polar surface area (TPSA) is 15.3 Å². The second-order valence-electron chi connectivity index (χ2n) is 5.80. The lowest BCUT2D eigenvalue weighted by Crippen LogP contribution is -2.47. The zero-order chi connectivity index (χ0) is 13.9. The second-order valence-corrected chi connectivity index (χ2v) is 5.80. The highest BCUT2D eigenvalue weighted by Crippen LogP contribution is 2.33. The summed E-state index contributed by atoms with van der Waals surface area (Å²) in [5.74, 6) is 0.218. The maximum atomic E-state index is 12.6. The van der Waals surface area contributed by atoms with Gasteiger partial charge in [0.25, 0.3) is 0 Å². The van der Waals surface area contributed by atoms with Gasteiger partial charge in [-0.05, 0) is 32.2 Å². The SMILES string of the molecule is CC(C)NCC(C)C(C)N(CC(F)(F)F)C1CC1. The van der Waals surface area contributed by atoms with Crippen LogP contribution in [0, 0.1) is 5.92 Å². The van der Waals surface area contributed by atoms with Gasteiger partial charge in [-0.25, -0.2) is 0 Å². The molecule has 0 aromatic carbocycles. The molecular weight excluding hydrogens is 241 g/mol. The summed E-state index contributed by atoms with van der Waals surface area (Å²) in [4.78, 5) is 1.63. The van der Waals surface area contributed by atoms with Gasteiger partial charge in [0.2, 0.25) is 0 Å². The normalized spacial score (nSPS) is 20.5. The lowest BCUT2D eigenvalue weighted by molar-refractivity contribution is -0.153. The van der Waals surface area contributed by atoms with Gasteiger partial charge < -0.3 is 5.32 Å². The molecule has 0 heterocycles. The zero-order valence-corrected chi connectivity index (χ0v) is 11.7. The number of nitrogens with one attached hydrogen (secondary N) is 1. The zero-order valence-electron chi connectivity index (χ0n) is 11.7. The summed E-state index contributed by atoms with van der Waals surface area (Å²) in [6.45, 7) is 8.02. The highest BCUT2D eigenvalue weighted by molar-refractivity contribution is 4.90. The third-order valence-corrected chi connectivity index (χ3v) is 3.57. The summed E-state index contributed by atoms with van der Waals surface area (Å²) >= 11 is 0. The average molecular weight is 266 g/mol. The molecule has 0 spiro atoms. The Morgan fingerprint density at radius 3 is 2.11 bits per heavy atom. The molecule has 5 heteroatoms. The standard InChI is InChI=1S/C13H25F3N2/c1-9(2)17-7-10(3)11(4)18(12-5-6-12)8-13(14,15)16/h9-12,17H,5-8H2,1-4H3. The van der Waals surface area contributed by atoms with Crippen LogP contribution >= 0.6 is 0 Å². The van der Waals surface area contributed by atoms with Crippen molar-refractivity contribution in [2.24, 2.45) is 5.92 Å². The molecule has 1 fully saturated rings. The lowest BCUT2D eigenvalue weighted by Gasteiger charge is -2.34. The van der Waals surface area contributed by atoms with Crippen LogP contribution in [0.15, 0.2) is 0 Å². The molecule has 0 bridgehead atoms. The molecule has 0 aromatic heterocycles. The Labute approximate surface area is 108 Å². The molecule has 18 heavy (non-hydrogen) atoms. The Bertz CT molecular complexity index is 249. The number of hydrogen-bond acceptors (Lipinski definition) is 2. The molecule has 1 saturated carbocycles. The summed E-state index contributed by atoms with van der Waals surface area (Å²) in [5.41, 5.74) is 0. The number of nitrogens with zero attached hydrogens (tertiary/aromatic N) is 1. The maximum absolute atomic E-state index is 12.6. The van der Waals surface area contributed by atoms with Crippen molar-refractivity contribution in [2.45, 2.75) is 64.8 Å². The van der Waals surface area contributed by atoms with Gasteiger partial charge in [0.05, 0.1) is 6.54 Å². The van der Waals surface area contributed by atoms with Crippen LogP contribution in [0.4, 0.5) is 13.2 Å². The van der Waals surface area contributed by atoms with Crippen LogP contribution in [-0.2, 0) is 0 Å². The number of hydrogen-bond donors (Lipinski definition) is 1. The summed E-state index contributed by atoms with van der Waals surface area (Å²) in [6.07, 6.45) is -2.28. The molecule has 0 amide bonds. The predicted molar refractivity (Wildman–Crippen MR) is 67.5 cm³/mol. The van der Waals surface area contributed by atoms with Gasteiger partial charge in [-0.2, -0.15) is 13.2 Å².